The summed E-state index contributed by atoms with van der Waals surface area (Å²) in [5.41, 5.74) is 1.16. The average Bonchev–Trinajstić information content (AvgIpc) is 2.81. The second kappa shape index (κ2) is 6.64. The zero-order chi connectivity index (χ0) is 14.7. The molecule has 3 nitrogen and oxygen atoms in total. The maximum Gasteiger partial charge on any atom is 0.235 e. The highest BCUT2D eigenvalue weighted by molar-refractivity contribution is 7.81. The van der Waals surface area contributed by atoms with E-state index in [0.29, 0.717) is 18.4 Å². The predicted molar refractivity (Wildman–Crippen MR) is 86.1 cm³/mol. The Balaban J connectivity index is 1.95. The fourth-order valence-corrected chi connectivity index (χ4v) is 3.31. The number of hydrogen-bond acceptors (Lipinski definition) is 3. The largest absolute Gasteiger partial charge is 0.340 e. The highest BCUT2D eigenvalue weighted by Crippen LogP contribution is 2.22. The Kier molecular flexibility index (Phi) is 5.11. The third-order valence-corrected chi connectivity index (χ3v) is 4.51. The van der Waals surface area contributed by atoms with Gasteiger partial charge in [0.25, 0.3) is 0 Å². The first kappa shape index (κ1) is 15.4. The van der Waals surface area contributed by atoms with Gasteiger partial charge >= 0.3 is 0 Å². The lowest BCUT2D eigenvalue weighted by atomic mass is 10.1. The van der Waals surface area contributed by atoms with E-state index in [1.165, 1.54) is 0 Å². The molecule has 1 aromatic rings. The molecule has 3 unspecified atom stereocenters. The molecule has 0 aromatic heterocycles. The van der Waals surface area contributed by atoms with Crippen LogP contribution in [0, 0.1) is 5.92 Å². The average molecular weight is 292 g/mol. The van der Waals surface area contributed by atoms with E-state index < -0.39 is 0 Å². The smallest absolute Gasteiger partial charge is 0.235 e. The molecule has 1 fully saturated rings. The number of thiol groups is 1. The van der Waals surface area contributed by atoms with Crippen LogP contribution in [0.1, 0.15) is 12.5 Å². The van der Waals surface area contributed by atoms with Crippen molar-refractivity contribution in [2.45, 2.75) is 24.6 Å². The van der Waals surface area contributed by atoms with E-state index in [1.54, 1.807) is 0 Å². The Morgan fingerprint density at radius 3 is 2.55 bits per heavy atom. The fourth-order valence-electron chi connectivity index (χ4n) is 2.94. The highest BCUT2D eigenvalue weighted by atomic mass is 32.1. The number of likely N-dealkylation sites (N-methyl/N-ethyl adjacent to an activating group) is 1. The van der Waals surface area contributed by atoms with Gasteiger partial charge in [0.2, 0.25) is 5.91 Å². The first-order chi connectivity index (χ1) is 9.49. The first-order valence-electron chi connectivity index (χ1n) is 7.16. The zero-order valence-electron chi connectivity index (χ0n) is 12.5. The lowest BCUT2D eigenvalue weighted by Crippen LogP contribution is -2.39. The SMILES string of the molecule is CC1CN(C(=O)C(S)Cc2ccccc2)CC1N(C)C. The standard InChI is InChI=1S/C16H24N2OS/c1-12-10-18(11-14(12)17(2)3)16(19)15(20)9-13-7-5-4-6-8-13/h4-8,12,14-15,20H,9-11H2,1-3H3. The molecule has 1 aliphatic heterocycles. The van der Waals surface area contributed by atoms with Crippen LogP contribution in [-0.4, -0.2) is 54.2 Å². The minimum atomic E-state index is -0.245. The predicted octanol–water partition coefficient (Wildman–Crippen LogP) is 1.94. The Morgan fingerprint density at radius 1 is 1.35 bits per heavy atom. The molecule has 0 spiro atoms. The van der Waals surface area contributed by atoms with Crippen molar-refractivity contribution in [2.24, 2.45) is 5.92 Å². The third kappa shape index (κ3) is 3.55. The van der Waals surface area contributed by atoms with Crippen molar-refractivity contribution in [2.75, 3.05) is 27.2 Å². The normalized spacial score (nSPS) is 24.1. The van der Waals surface area contributed by atoms with Gasteiger partial charge in [0.05, 0.1) is 5.25 Å². The Labute approximate surface area is 127 Å². The van der Waals surface area contributed by atoms with Gasteiger partial charge in [-0.2, -0.15) is 12.6 Å². The lowest BCUT2D eigenvalue weighted by Gasteiger charge is -2.23. The maximum atomic E-state index is 12.5. The molecule has 1 heterocycles. The number of rotatable bonds is 4. The van der Waals surface area contributed by atoms with E-state index in [4.69, 9.17) is 0 Å². The maximum absolute atomic E-state index is 12.5. The number of carbonyl (C=O) groups is 1. The number of amides is 1. The van der Waals surface area contributed by atoms with Crippen LogP contribution in [0.5, 0.6) is 0 Å². The van der Waals surface area contributed by atoms with Crippen molar-refractivity contribution >= 4 is 18.5 Å². The molecule has 0 bridgehead atoms. The summed E-state index contributed by atoms with van der Waals surface area (Å²) in [4.78, 5) is 16.7. The molecule has 1 amide bonds. The summed E-state index contributed by atoms with van der Waals surface area (Å²) >= 11 is 4.52. The molecule has 1 aromatic carbocycles. The Bertz CT molecular complexity index is 449. The molecule has 0 aliphatic carbocycles. The zero-order valence-corrected chi connectivity index (χ0v) is 13.4. The van der Waals surface area contributed by atoms with Gasteiger partial charge in [-0.1, -0.05) is 37.3 Å². The first-order valence-corrected chi connectivity index (χ1v) is 7.68. The molecule has 2 rings (SSSR count). The second-order valence-electron chi connectivity index (χ2n) is 5.96. The summed E-state index contributed by atoms with van der Waals surface area (Å²) in [5, 5.41) is -0.245. The number of likely N-dealkylation sites (tertiary alicyclic amines) is 1. The second-order valence-corrected chi connectivity index (χ2v) is 6.58. The summed E-state index contributed by atoms with van der Waals surface area (Å²) in [6, 6.07) is 10.5. The van der Waals surface area contributed by atoms with Gasteiger partial charge in [-0.05, 0) is 32.0 Å². The van der Waals surface area contributed by atoms with Crippen LogP contribution in [0.3, 0.4) is 0 Å². The quantitative estimate of drug-likeness (QED) is 0.857. The molecule has 0 N–H and O–H groups in total. The molecule has 110 valence electrons. The third-order valence-electron chi connectivity index (χ3n) is 4.10. The lowest BCUT2D eigenvalue weighted by molar-refractivity contribution is -0.129. The molecule has 20 heavy (non-hydrogen) atoms. The van der Waals surface area contributed by atoms with Gasteiger partial charge in [-0.3, -0.25) is 4.79 Å². The summed E-state index contributed by atoms with van der Waals surface area (Å²) in [7, 11) is 4.16. The van der Waals surface area contributed by atoms with Crippen molar-refractivity contribution in [3.05, 3.63) is 35.9 Å². The molecule has 1 saturated heterocycles. The Morgan fingerprint density at radius 2 is 2.00 bits per heavy atom. The highest BCUT2D eigenvalue weighted by Gasteiger charge is 2.35. The Hall–Kier alpha value is -1.00. The van der Waals surface area contributed by atoms with E-state index in [2.05, 4.69) is 38.5 Å². The van der Waals surface area contributed by atoms with Crippen molar-refractivity contribution in [1.29, 1.82) is 0 Å². The number of benzene rings is 1. The summed E-state index contributed by atoms with van der Waals surface area (Å²) in [5.74, 6) is 0.680. The molecule has 4 heteroatoms. The van der Waals surface area contributed by atoms with Crippen molar-refractivity contribution in [3.8, 4) is 0 Å². The number of nitrogens with zero attached hydrogens (tertiary/aromatic N) is 2. The van der Waals surface area contributed by atoms with Crippen molar-refractivity contribution in [1.82, 2.24) is 9.80 Å². The molecular weight excluding hydrogens is 268 g/mol. The van der Waals surface area contributed by atoms with Gasteiger partial charge in [0.15, 0.2) is 0 Å². The topological polar surface area (TPSA) is 23.6 Å². The van der Waals surface area contributed by atoms with Gasteiger partial charge in [0.1, 0.15) is 0 Å². The molecular formula is C16H24N2OS. The van der Waals surface area contributed by atoms with E-state index in [0.717, 1.165) is 18.7 Å². The number of hydrogen-bond donors (Lipinski definition) is 1. The van der Waals surface area contributed by atoms with Gasteiger partial charge in [0, 0.05) is 19.1 Å². The van der Waals surface area contributed by atoms with Crippen LogP contribution in [0.15, 0.2) is 30.3 Å². The summed E-state index contributed by atoms with van der Waals surface area (Å²) < 4.78 is 0. The van der Waals surface area contributed by atoms with Gasteiger partial charge in [-0.25, -0.2) is 0 Å². The molecule has 3 atom stereocenters. The van der Waals surface area contributed by atoms with Gasteiger partial charge in [-0.15, -0.1) is 0 Å². The van der Waals surface area contributed by atoms with Crippen molar-refractivity contribution in [3.63, 3.8) is 0 Å². The van der Waals surface area contributed by atoms with Crippen LogP contribution in [0.4, 0.5) is 0 Å². The van der Waals surface area contributed by atoms with E-state index in [9.17, 15) is 4.79 Å². The minimum absolute atomic E-state index is 0.161. The molecule has 0 radical (unpaired) electrons. The summed E-state index contributed by atoms with van der Waals surface area (Å²) in [6.07, 6.45) is 0.695. The monoisotopic (exact) mass is 292 g/mol. The van der Waals surface area contributed by atoms with Gasteiger partial charge < -0.3 is 9.80 Å². The summed E-state index contributed by atoms with van der Waals surface area (Å²) in [6.45, 7) is 3.87. The van der Waals surface area contributed by atoms with E-state index in [-0.39, 0.29) is 11.2 Å². The van der Waals surface area contributed by atoms with Crippen LogP contribution in [-0.2, 0) is 11.2 Å². The minimum Gasteiger partial charge on any atom is -0.340 e. The fraction of sp³-hybridized carbons (Fsp3) is 0.562. The van der Waals surface area contributed by atoms with E-state index in [1.807, 2.05) is 35.2 Å². The molecule has 1 aliphatic rings. The van der Waals surface area contributed by atoms with E-state index >= 15 is 0 Å². The van der Waals surface area contributed by atoms with Crippen LogP contribution < -0.4 is 0 Å². The van der Waals surface area contributed by atoms with Crippen LogP contribution in [0.25, 0.3) is 0 Å². The molecule has 0 saturated carbocycles. The number of carbonyl (C=O) groups excluding carboxylic acids is 1. The van der Waals surface area contributed by atoms with Crippen molar-refractivity contribution < 1.29 is 4.79 Å². The van der Waals surface area contributed by atoms with Crippen LogP contribution in [0.2, 0.25) is 0 Å². The van der Waals surface area contributed by atoms with Crippen LogP contribution >= 0.6 is 12.6 Å².